The van der Waals surface area contributed by atoms with Crippen molar-refractivity contribution in [3.8, 4) is 11.3 Å². The van der Waals surface area contributed by atoms with Gasteiger partial charge in [0, 0.05) is 11.1 Å². The van der Waals surface area contributed by atoms with Crippen LogP contribution in [0, 0.1) is 0 Å². The number of nitrogens with zero attached hydrogens (tertiary/aromatic N) is 2. The average Bonchev–Trinajstić information content (AvgIpc) is 3.43. The highest BCUT2D eigenvalue weighted by Gasteiger charge is 2.29. The number of amides is 1. The lowest BCUT2D eigenvalue weighted by molar-refractivity contribution is -0.114. The molecule has 0 fully saturated rings. The number of ether oxygens (including phenoxy) is 1. The molecule has 6 heteroatoms. The Kier molecular flexibility index (Phi) is 3.91. The van der Waals surface area contributed by atoms with Crippen LogP contribution in [0.5, 0.6) is 0 Å². The summed E-state index contributed by atoms with van der Waals surface area (Å²) in [5.74, 6) is 0.716. The lowest BCUT2D eigenvalue weighted by atomic mass is 10.0. The summed E-state index contributed by atoms with van der Waals surface area (Å²) in [7, 11) is 0. The van der Waals surface area contributed by atoms with Gasteiger partial charge < -0.3 is 9.15 Å². The fraction of sp³-hybridized carbons (Fsp3) is 0.0870. The van der Waals surface area contributed by atoms with E-state index < -0.39 is 0 Å². The van der Waals surface area contributed by atoms with E-state index >= 15 is 0 Å². The molecule has 1 amide bonds. The van der Waals surface area contributed by atoms with Crippen LogP contribution >= 0.6 is 0 Å². The highest BCUT2D eigenvalue weighted by Crippen LogP contribution is 2.30. The van der Waals surface area contributed by atoms with Crippen LogP contribution in [0.2, 0.25) is 0 Å². The Labute approximate surface area is 166 Å². The Balaban J connectivity index is 1.43. The van der Waals surface area contributed by atoms with Crippen LogP contribution in [0.4, 0.5) is 5.69 Å². The van der Waals surface area contributed by atoms with E-state index in [1.807, 2.05) is 54.6 Å². The number of furan rings is 1. The monoisotopic (exact) mass is 384 g/mol. The maximum atomic E-state index is 12.8. The summed E-state index contributed by atoms with van der Waals surface area (Å²) in [5, 5.41) is 5.76. The molecule has 29 heavy (non-hydrogen) atoms. The summed E-state index contributed by atoms with van der Waals surface area (Å²) in [4.78, 5) is 24.4. The van der Waals surface area contributed by atoms with Gasteiger partial charge >= 0.3 is 5.97 Å². The molecule has 2 aromatic carbocycles. The minimum absolute atomic E-state index is 0.195. The van der Waals surface area contributed by atoms with Crippen LogP contribution in [0.25, 0.3) is 17.4 Å². The summed E-state index contributed by atoms with van der Waals surface area (Å²) >= 11 is 0. The van der Waals surface area contributed by atoms with Crippen LogP contribution < -0.4 is 5.01 Å². The van der Waals surface area contributed by atoms with Crippen molar-refractivity contribution < 1.29 is 18.7 Å². The minimum Gasteiger partial charge on any atom is -0.457 e. The maximum absolute atomic E-state index is 12.8. The zero-order valence-electron chi connectivity index (χ0n) is 15.6. The Morgan fingerprint density at radius 2 is 1.86 bits per heavy atom. The smallest absolute Gasteiger partial charge is 0.338 e. The standard InChI is InChI=1S/C23H16N2O4/c1-14-20(22(26)25(24-14)17-5-3-2-4-6-17)12-18-8-10-21(29-18)15-7-9-19-16(11-15)13-28-23(19)27/h2-12H,13H2,1H3/b20-12+. The number of hydrazone groups is 1. The molecule has 0 spiro atoms. The first-order chi connectivity index (χ1) is 14.1. The normalized spacial score (nSPS) is 16.9. The molecule has 2 aliphatic heterocycles. The van der Waals surface area contributed by atoms with Gasteiger partial charge in [-0.05, 0) is 49.4 Å². The van der Waals surface area contributed by atoms with E-state index in [1.165, 1.54) is 5.01 Å². The van der Waals surface area contributed by atoms with Crippen LogP contribution in [0.1, 0.15) is 28.6 Å². The second-order valence-corrected chi connectivity index (χ2v) is 6.85. The van der Waals surface area contributed by atoms with Gasteiger partial charge in [0.05, 0.1) is 22.5 Å². The molecule has 0 bridgehead atoms. The molecule has 0 aliphatic carbocycles. The van der Waals surface area contributed by atoms with Crippen LogP contribution in [-0.2, 0) is 16.1 Å². The second-order valence-electron chi connectivity index (χ2n) is 6.85. The van der Waals surface area contributed by atoms with Crippen molar-refractivity contribution in [3.63, 3.8) is 0 Å². The molecule has 142 valence electrons. The fourth-order valence-electron chi connectivity index (χ4n) is 3.44. The van der Waals surface area contributed by atoms with Gasteiger partial charge in [-0.3, -0.25) is 4.79 Å². The van der Waals surface area contributed by atoms with Crippen LogP contribution in [0.15, 0.2) is 75.8 Å². The number of benzene rings is 2. The lowest BCUT2D eigenvalue weighted by Gasteiger charge is -2.10. The topological polar surface area (TPSA) is 72.1 Å². The van der Waals surface area contributed by atoms with Gasteiger partial charge in [-0.2, -0.15) is 10.1 Å². The average molecular weight is 384 g/mol. The molecule has 0 saturated heterocycles. The SMILES string of the molecule is CC1=NN(c2ccccc2)C(=O)/C1=C/c1ccc(-c2ccc3c(c2)COC3=O)o1. The zero-order valence-corrected chi connectivity index (χ0v) is 15.6. The fourth-order valence-corrected chi connectivity index (χ4v) is 3.44. The number of rotatable bonds is 3. The molecule has 2 aliphatic rings. The third-order valence-electron chi connectivity index (χ3n) is 4.95. The first-order valence-electron chi connectivity index (χ1n) is 9.17. The van der Waals surface area contributed by atoms with E-state index in [-0.39, 0.29) is 18.5 Å². The van der Waals surface area contributed by atoms with Crippen molar-refractivity contribution in [1.82, 2.24) is 0 Å². The van der Waals surface area contributed by atoms with E-state index in [1.54, 1.807) is 19.1 Å². The molecular formula is C23H16N2O4. The molecule has 6 nitrogen and oxygen atoms in total. The van der Waals surface area contributed by atoms with E-state index in [2.05, 4.69) is 5.10 Å². The number of cyclic esters (lactones) is 1. The Morgan fingerprint density at radius 3 is 2.69 bits per heavy atom. The quantitative estimate of drug-likeness (QED) is 0.495. The van der Waals surface area contributed by atoms with Crippen molar-refractivity contribution in [1.29, 1.82) is 0 Å². The highest BCUT2D eigenvalue weighted by atomic mass is 16.5. The largest absolute Gasteiger partial charge is 0.457 e. The number of carbonyl (C=O) groups is 2. The molecule has 0 radical (unpaired) electrons. The van der Waals surface area contributed by atoms with Crippen LogP contribution in [0.3, 0.4) is 0 Å². The predicted octanol–water partition coefficient (Wildman–Crippen LogP) is 4.42. The Morgan fingerprint density at radius 1 is 1.03 bits per heavy atom. The highest BCUT2D eigenvalue weighted by molar-refractivity contribution is 6.32. The maximum Gasteiger partial charge on any atom is 0.338 e. The first kappa shape index (κ1) is 17.2. The van der Waals surface area contributed by atoms with Gasteiger partial charge in [-0.15, -0.1) is 0 Å². The molecule has 3 aromatic rings. The number of carbonyl (C=O) groups excluding carboxylic acids is 2. The molecule has 0 atom stereocenters. The lowest BCUT2D eigenvalue weighted by Crippen LogP contribution is -2.21. The summed E-state index contributed by atoms with van der Waals surface area (Å²) in [6, 6.07) is 18.4. The second kappa shape index (κ2) is 6.60. The Bertz CT molecular complexity index is 1200. The Hall–Kier alpha value is -3.93. The van der Waals surface area contributed by atoms with Crippen molar-refractivity contribution in [2.24, 2.45) is 5.10 Å². The van der Waals surface area contributed by atoms with E-state index in [0.717, 1.165) is 16.8 Å². The van der Waals surface area contributed by atoms with Crippen molar-refractivity contribution >= 4 is 29.4 Å². The van der Waals surface area contributed by atoms with Gasteiger partial charge in [0.15, 0.2) is 0 Å². The third-order valence-corrected chi connectivity index (χ3v) is 4.95. The van der Waals surface area contributed by atoms with Crippen molar-refractivity contribution in [3.05, 3.63) is 83.1 Å². The van der Waals surface area contributed by atoms with Crippen LogP contribution in [-0.4, -0.2) is 17.6 Å². The molecule has 0 N–H and O–H groups in total. The number of anilines is 1. The number of fused-ring (bicyclic) bond motifs is 1. The van der Waals surface area contributed by atoms with E-state index in [0.29, 0.717) is 28.4 Å². The summed E-state index contributed by atoms with van der Waals surface area (Å²) < 4.78 is 11.0. The van der Waals surface area contributed by atoms with Gasteiger partial charge in [0.25, 0.3) is 5.91 Å². The molecule has 3 heterocycles. The zero-order chi connectivity index (χ0) is 20.0. The van der Waals surface area contributed by atoms with Crippen molar-refractivity contribution in [2.45, 2.75) is 13.5 Å². The number of para-hydroxylation sites is 1. The number of esters is 1. The molecular weight excluding hydrogens is 368 g/mol. The summed E-state index contributed by atoms with van der Waals surface area (Å²) in [5.41, 5.74) is 4.12. The third kappa shape index (κ3) is 2.95. The number of hydrogen-bond acceptors (Lipinski definition) is 5. The molecule has 5 rings (SSSR count). The van der Waals surface area contributed by atoms with Gasteiger partial charge in [-0.25, -0.2) is 4.79 Å². The summed E-state index contributed by atoms with van der Waals surface area (Å²) in [6.07, 6.45) is 1.70. The summed E-state index contributed by atoms with van der Waals surface area (Å²) in [6.45, 7) is 2.08. The van der Waals surface area contributed by atoms with E-state index in [4.69, 9.17) is 9.15 Å². The molecule has 1 aromatic heterocycles. The molecule has 0 saturated carbocycles. The van der Waals surface area contributed by atoms with Crippen molar-refractivity contribution in [2.75, 3.05) is 5.01 Å². The first-order valence-corrected chi connectivity index (χ1v) is 9.17. The molecule has 0 unspecified atom stereocenters. The van der Waals surface area contributed by atoms with Gasteiger partial charge in [-0.1, -0.05) is 24.3 Å². The van der Waals surface area contributed by atoms with E-state index in [9.17, 15) is 9.59 Å². The van der Waals surface area contributed by atoms with Gasteiger partial charge in [0.2, 0.25) is 0 Å². The minimum atomic E-state index is -0.297. The van der Waals surface area contributed by atoms with Gasteiger partial charge in [0.1, 0.15) is 18.1 Å². The number of hydrogen-bond donors (Lipinski definition) is 0. The predicted molar refractivity (Wildman–Crippen MR) is 108 cm³/mol.